The molecule has 150 valence electrons. The summed E-state index contributed by atoms with van der Waals surface area (Å²) in [5.41, 5.74) is 8.45. The number of fused-ring (bicyclic) bond motifs is 1. The Morgan fingerprint density at radius 3 is 2.50 bits per heavy atom. The van der Waals surface area contributed by atoms with Crippen LogP contribution in [0.15, 0.2) is 79.0 Å². The molecule has 4 nitrogen and oxygen atoms in total. The van der Waals surface area contributed by atoms with Crippen molar-refractivity contribution >= 4 is 28.2 Å². The molecule has 3 aromatic carbocycles. The lowest BCUT2D eigenvalue weighted by atomic mass is 10.0. The molecule has 0 aliphatic heterocycles. The number of nitrogens with one attached hydrogen (secondary N) is 1. The van der Waals surface area contributed by atoms with Gasteiger partial charge < -0.3 is 11.1 Å². The van der Waals surface area contributed by atoms with E-state index in [1.165, 1.54) is 12.1 Å². The number of hydrogen-bond donors (Lipinski definition) is 2. The van der Waals surface area contributed by atoms with E-state index >= 15 is 0 Å². The number of para-hydroxylation sites is 1. The van der Waals surface area contributed by atoms with Crippen molar-refractivity contribution in [2.75, 3.05) is 11.1 Å². The van der Waals surface area contributed by atoms with Gasteiger partial charge in [-0.1, -0.05) is 30.3 Å². The highest BCUT2D eigenvalue weighted by Gasteiger charge is 2.30. The van der Waals surface area contributed by atoms with Crippen LogP contribution in [0.2, 0.25) is 0 Å². The summed E-state index contributed by atoms with van der Waals surface area (Å²) in [6.45, 7) is 0. The number of nitrogens with two attached hydrogens (primary N) is 1. The van der Waals surface area contributed by atoms with Crippen LogP contribution >= 0.6 is 0 Å². The second-order valence-corrected chi connectivity index (χ2v) is 6.72. The van der Waals surface area contributed by atoms with Gasteiger partial charge in [0.15, 0.2) is 0 Å². The molecule has 7 heteroatoms. The first-order chi connectivity index (χ1) is 14.3. The number of aromatic nitrogens is 1. The zero-order chi connectivity index (χ0) is 21.3. The van der Waals surface area contributed by atoms with Crippen molar-refractivity contribution in [1.29, 1.82) is 0 Å². The first kappa shape index (κ1) is 19.4. The molecule has 0 saturated heterocycles. The van der Waals surface area contributed by atoms with E-state index in [9.17, 15) is 18.0 Å². The van der Waals surface area contributed by atoms with Crippen LogP contribution < -0.4 is 11.1 Å². The molecule has 1 amide bonds. The third kappa shape index (κ3) is 3.82. The Morgan fingerprint density at radius 1 is 0.933 bits per heavy atom. The van der Waals surface area contributed by atoms with Crippen molar-refractivity contribution in [2.24, 2.45) is 0 Å². The summed E-state index contributed by atoms with van der Waals surface area (Å²) in [4.78, 5) is 16.8. The molecule has 0 saturated carbocycles. The number of benzene rings is 3. The number of hydrogen-bond acceptors (Lipinski definition) is 3. The Hall–Kier alpha value is -3.87. The SMILES string of the molecule is Nc1cccc2c(-c3cccc(NC(=O)c4cccc(C(F)(F)F)c4)c3)ccnc12. The maximum Gasteiger partial charge on any atom is 0.416 e. The lowest BCUT2D eigenvalue weighted by molar-refractivity contribution is -0.137. The minimum atomic E-state index is -4.51. The van der Waals surface area contributed by atoms with Crippen LogP contribution in [0.25, 0.3) is 22.0 Å². The van der Waals surface area contributed by atoms with E-state index in [1.54, 1.807) is 30.5 Å². The van der Waals surface area contributed by atoms with Crippen LogP contribution in [0, 0.1) is 0 Å². The maximum atomic E-state index is 12.9. The molecule has 1 aromatic heterocycles. The van der Waals surface area contributed by atoms with Gasteiger partial charge in [-0.2, -0.15) is 13.2 Å². The van der Waals surface area contributed by atoms with Gasteiger partial charge in [-0.3, -0.25) is 9.78 Å². The number of amides is 1. The second kappa shape index (κ2) is 7.51. The van der Waals surface area contributed by atoms with E-state index in [-0.39, 0.29) is 5.56 Å². The first-order valence-electron chi connectivity index (χ1n) is 9.05. The molecule has 0 radical (unpaired) electrons. The smallest absolute Gasteiger partial charge is 0.397 e. The Balaban J connectivity index is 1.66. The van der Waals surface area contributed by atoms with Crippen molar-refractivity contribution in [2.45, 2.75) is 6.18 Å². The normalized spacial score (nSPS) is 11.4. The first-order valence-corrected chi connectivity index (χ1v) is 9.05. The van der Waals surface area contributed by atoms with E-state index in [4.69, 9.17) is 5.73 Å². The zero-order valence-corrected chi connectivity index (χ0v) is 15.6. The zero-order valence-electron chi connectivity index (χ0n) is 15.6. The monoisotopic (exact) mass is 407 g/mol. The lowest BCUT2D eigenvalue weighted by Gasteiger charge is -2.11. The molecular formula is C23H16F3N3O. The van der Waals surface area contributed by atoms with Crippen molar-refractivity contribution in [3.8, 4) is 11.1 Å². The Morgan fingerprint density at radius 2 is 1.70 bits per heavy atom. The van der Waals surface area contributed by atoms with Gasteiger partial charge in [0.05, 0.1) is 16.8 Å². The maximum absolute atomic E-state index is 12.9. The third-order valence-corrected chi connectivity index (χ3v) is 4.69. The van der Waals surface area contributed by atoms with Crippen LogP contribution in [-0.4, -0.2) is 10.9 Å². The molecule has 0 bridgehead atoms. The van der Waals surface area contributed by atoms with Crippen LogP contribution in [0.5, 0.6) is 0 Å². The fraction of sp³-hybridized carbons (Fsp3) is 0.0435. The largest absolute Gasteiger partial charge is 0.416 e. The van der Waals surface area contributed by atoms with Crippen LogP contribution in [0.4, 0.5) is 24.5 Å². The number of carbonyl (C=O) groups is 1. The minimum absolute atomic E-state index is 0.0719. The summed E-state index contributed by atoms with van der Waals surface area (Å²) >= 11 is 0. The van der Waals surface area contributed by atoms with E-state index in [0.717, 1.165) is 28.6 Å². The quantitative estimate of drug-likeness (QED) is 0.425. The number of alkyl halides is 3. The molecular weight excluding hydrogens is 391 g/mol. The van der Waals surface area contributed by atoms with Crippen LogP contribution in [-0.2, 0) is 6.18 Å². The molecule has 0 unspecified atom stereocenters. The van der Waals surface area contributed by atoms with Crippen molar-refractivity contribution < 1.29 is 18.0 Å². The predicted molar refractivity (Wildman–Crippen MR) is 111 cm³/mol. The number of rotatable bonds is 3. The van der Waals surface area contributed by atoms with Gasteiger partial charge in [-0.05, 0) is 53.6 Å². The number of carbonyl (C=O) groups excluding carboxylic acids is 1. The van der Waals surface area contributed by atoms with Crippen molar-refractivity contribution in [1.82, 2.24) is 4.98 Å². The van der Waals surface area contributed by atoms with Crippen LogP contribution in [0.1, 0.15) is 15.9 Å². The fourth-order valence-corrected chi connectivity index (χ4v) is 3.26. The van der Waals surface area contributed by atoms with Gasteiger partial charge in [0.1, 0.15) is 0 Å². The molecule has 0 fully saturated rings. The second-order valence-electron chi connectivity index (χ2n) is 6.72. The molecule has 0 spiro atoms. The number of anilines is 2. The highest BCUT2D eigenvalue weighted by Crippen LogP contribution is 2.32. The molecule has 30 heavy (non-hydrogen) atoms. The van der Waals surface area contributed by atoms with E-state index in [2.05, 4.69) is 10.3 Å². The Labute approximate surface area is 170 Å². The highest BCUT2D eigenvalue weighted by molar-refractivity contribution is 6.05. The van der Waals surface area contributed by atoms with Gasteiger partial charge in [0, 0.05) is 22.8 Å². The summed E-state index contributed by atoms with van der Waals surface area (Å²) in [6, 6.07) is 18.7. The molecule has 0 atom stereocenters. The summed E-state index contributed by atoms with van der Waals surface area (Å²) in [6.07, 6.45) is -2.86. The summed E-state index contributed by atoms with van der Waals surface area (Å²) in [5.74, 6) is -0.623. The van der Waals surface area contributed by atoms with Crippen molar-refractivity contribution in [3.05, 3.63) is 90.1 Å². The Bertz CT molecular complexity index is 1250. The van der Waals surface area contributed by atoms with Gasteiger partial charge in [-0.15, -0.1) is 0 Å². The van der Waals surface area contributed by atoms with Crippen molar-refractivity contribution in [3.63, 3.8) is 0 Å². The lowest BCUT2D eigenvalue weighted by Crippen LogP contribution is -2.14. The predicted octanol–water partition coefficient (Wildman–Crippen LogP) is 5.76. The Kier molecular flexibility index (Phi) is 4.87. The summed E-state index contributed by atoms with van der Waals surface area (Å²) in [7, 11) is 0. The topological polar surface area (TPSA) is 68.0 Å². The highest BCUT2D eigenvalue weighted by atomic mass is 19.4. The molecule has 1 heterocycles. The van der Waals surface area contributed by atoms with Gasteiger partial charge in [0.2, 0.25) is 0 Å². The average molecular weight is 407 g/mol. The minimum Gasteiger partial charge on any atom is -0.397 e. The van der Waals surface area contributed by atoms with E-state index in [1.807, 2.05) is 24.3 Å². The number of nitrogen functional groups attached to an aromatic ring is 1. The van der Waals surface area contributed by atoms with Gasteiger partial charge in [-0.25, -0.2) is 0 Å². The molecule has 4 aromatic rings. The van der Waals surface area contributed by atoms with Crippen LogP contribution in [0.3, 0.4) is 0 Å². The summed E-state index contributed by atoms with van der Waals surface area (Å²) < 4.78 is 38.7. The number of halogens is 3. The molecule has 0 aliphatic rings. The van der Waals surface area contributed by atoms with E-state index in [0.29, 0.717) is 16.9 Å². The number of pyridine rings is 1. The fourth-order valence-electron chi connectivity index (χ4n) is 3.26. The third-order valence-electron chi connectivity index (χ3n) is 4.69. The standard InChI is InChI=1S/C23H16F3N3O/c24-23(25,26)16-6-1-5-15(12-16)22(30)29-17-7-2-4-14(13-17)18-10-11-28-21-19(18)8-3-9-20(21)27/h1-13H,27H2,(H,29,30). The molecule has 3 N–H and O–H groups in total. The number of nitrogens with zero attached hydrogens (tertiary/aromatic N) is 1. The van der Waals surface area contributed by atoms with E-state index < -0.39 is 17.6 Å². The molecule has 4 rings (SSSR count). The molecule has 0 aliphatic carbocycles. The van der Waals surface area contributed by atoms with Gasteiger partial charge >= 0.3 is 6.18 Å². The summed E-state index contributed by atoms with van der Waals surface area (Å²) in [5, 5.41) is 3.52. The van der Waals surface area contributed by atoms with Gasteiger partial charge in [0.25, 0.3) is 5.91 Å². The average Bonchev–Trinajstić information content (AvgIpc) is 2.73.